The Morgan fingerprint density at radius 3 is 2.73 bits per heavy atom. The molecule has 0 aromatic carbocycles. The molecule has 2 rings (SSSR count). The summed E-state index contributed by atoms with van der Waals surface area (Å²) in [6, 6.07) is 1.73. The van der Waals surface area contributed by atoms with Crippen molar-refractivity contribution in [2.75, 3.05) is 6.54 Å². The van der Waals surface area contributed by atoms with E-state index in [9.17, 15) is 0 Å². The van der Waals surface area contributed by atoms with Crippen molar-refractivity contribution >= 4 is 11.6 Å². The molecule has 0 unspecified atom stereocenters. The smallest absolute Gasteiger partial charge is 0.252 e. The SMILES string of the molecule is NCCc1nc(Cl)nn1-c1ncccn1. The Morgan fingerprint density at radius 1 is 1.33 bits per heavy atom. The van der Waals surface area contributed by atoms with Gasteiger partial charge in [0.1, 0.15) is 5.82 Å². The van der Waals surface area contributed by atoms with Crippen molar-refractivity contribution < 1.29 is 0 Å². The topological polar surface area (TPSA) is 82.5 Å². The Morgan fingerprint density at radius 2 is 2.07 bits per heavy atom. The van der Waals surface area contributed by atoms with Crippen LogP contribution in [0, 0.1) is 0 Å². The Kier molecular flexibility index (Phi) is 2.89. The van der Waals surface area contributed by atoms with Crippen molar-refractivity contribution in [1.29, 1.82) is 0 Å². The standard InChI is InChI=1S/C8H9ClN6/c9-7-13-6(2-3-10)15(14-7)8-11-4-1-5-12-8/h1,4-5H,2-3,10H2. The van der Waals surface area contributed by atoms with Gasteiger partial charge in [-0.15, -0.1) is 5.10 Å². The number of nitrogens with zero attached hydrogens (tertiary/aromatic N) is 5. The number of hydrogen-bond acceptors (Lipinski definition) is 5. The van der Waals surface area contributed by atoms with Crippen LogP contribution in [0.3, 0.4) is 0 Å². The average Bonchev–Trinajstić information content (AvgIpc) is 2.62. The highest BCUT2D eigenvalue weighted by molar-refractivity contribution is 6.28. The summed E-state index contributed by atoms with van der Waals surface area (Å²) in [7, 11) is 0. The lowest BCUT2D eigenvalue weighted by molar-refractivity contribution is 0.735. The monoisotopic (exact) mass is 224 g/mol. The van der Waals surface area contributed by atoms with Crippen molar-refractivity contribution in [3.8, 4) is 5.95 Å². The minimum Gasteiger partial charge on any atom is -0.330 e. The van der Waals surface area contributed by atoms with E-state index in [1.807, 2.05) is 0 Å². The zero-order valence-electron chi connectivity index (χ0n) is 7.84. The van der Waals surface area contributed by atoms with Crippen molar-refractivity contribution in [3.05, 3.63) is 29.6 Å². The van der Waals surface area contributed by atoms with Gasteiger partial charge in [-0.25, -0.2) is 15.0 Å². The van der Waals surface area contributed by atoms with E-state index in [0.29, 0.717) is 24.7 Å². The highest BCUT2D eigenvalue weighted by atomic mass is 35.5. The summed E-state index contributed by atoms with van der Waals surface area (Å²) in [6.45, 7) is 0.474. The van der Waals surface area contributed by atoms with E-state index in [-0.39, 0.29) is 5.28 Å². The molecule has 0 radical (unpaired) electrons. The Balaban J connectivity index is 2.43. The fourth-order valence-electron chi connectivity index (χ4n) is 1.17. The van der Waals surface area contributed by atoms with Gasteiger partial charge in [-0.2, -0.15) is 4.68 Å². The quantitative estimate of drug-likeness (QED) is 0.806. The first-order valence-corrected chi connectivity index (χ1v) is 4.78. The molecule has 2 aromatic rings. The van der Waals surface area contributed by atoms with Crippen LogP contribution in [0.5, 0.6) is 0 Å². The number of aromatic nitrogens is 5. The molecular formula is C8H9ClN6. The Hall–Kier alpha value is -1.53. The number of hydrogen-bond donors (Lipinski definition) is 1. The highest BCUT2D eigenvalue weighted by Crippen LogP contribution is 2.08. The van der Waals surface area contributed by atoms with Gasteiger partial charge in [-0.3, -0.25) is 0 Å². The molecule has 0 aliphatic heterocycles. The maximum Gasteiger partial charge on any atom is 0.252 e. The van der Waals surface area contributed by atoms with E-state index in [1.165, 1.54) is 4.68 Å². The van der Waals surface area contributed by atoms with Crippen LogP contribution in [0.2, 0.25) is 5.28 Å². The van der Waals surface area contributed by atoms with E-state index < -0.39 is 0 Å². The molecule has 0 saturated heterocycles. The minimum atomic E-state index is 0.172. The third-order valence-corrected chi connectivity index (χ3v) is 1.92. The summed E-state index contributed by atoms with van der Waals surface area (Å²) < 4.78 is 1.50. The molecule has 0 spiro atoms. The van der Waals surface area contributed by atoms with Crippen LogP contribution in [0.1, 0.15) is 5.82 Å². The zero-order valence-corrected chi connectivity index (χ0v) is 8.59. The first-order valence-electron chi connectivity index (χ1n) is 4.40. The highest BCUT2D eigenvalue weighted by Gasteiger charge is 2.10. The molecule has 0 amide bonds. The third-order valence-electron chi connectivity index (χ3n) is 1.76. The second-order valence-electron chi connectivity index (χ2n) is 2.80. The molecule has 2 N–H and O–H groups in total. The van der Waals surface area contributed by atoms with Crippen molar-refractivity contribution in [1.82, 2.24) is 24.7 Å². The van der Waals surface area contributed by atoms with E-state index in [4.69, 9.17) is 17.3 Å². The summed E-state index contributed by atoms with van der Waals surface area (Å²) >= 11 is 5.71. The maximum atomic E-state index is 5.71. The van der Waals surface area contributed by atoms with Gasteiger partial charge in [0.25, 0.3) is 5.95 Å². The largest absolute Gasteiger partial charge is 0.330 e. The molecule has 2 heterocycles. The average molecular weight is 225 g/mol. The van der Waals surface area contributed by atoms with Gasteiger partial charge >= 0.3 is 0 Å². The molecule has 0 aliphatic rings. The Labute approximate surface area is 91.1 Å². The zero-order chi connectivity index (χ0) is 10.7. The summed E-state index contributed by atoms with van der Waals surface area (Å²) in [4.78, 5) is 12.1. The minimum absolute atomic E-state index is 0.172. The van der Waals surface area contributed by atoms with Gasteiger partial charge in [0.05, 0.1) is 0 Å². The molecule has 78 valence electrons. The van der Waals surface area contributed by atoms with Gasteiger partial charge in [-0.05, 0) is 24.2 Å². The number of nitrogens with two attached hydrogens (primary N) is 1. The molecule has 15 heavy (non-hydrogen) atoms. The first kappa shape index (κ1) is 10.0. The van der Waals surface area contributed by atoms with Crippen LogP contribution in [-0.2, 0) is 6.42 Å². The fourth-order valence-corrected chi connectivity index (χ4v) is 1.34. The summed E-state index contributed by atoms with van der Waals surface area (Å²) in [5.41, 5.74) is 5.45. The summed E-state index contributed by atoms with van der Waals surface area (Å²) in [6.07, 6.45) is 3.84. The van der Waals surface area contributed by atoms with Crippen molar-refractivity contribution in [2.24, 2.45) is 5.73 Å². The summed E-state index contributed by atoms with van der Waals surface area (Å²) in [5, 5.41) is 4.16. The molecule has 2 aromatic heterocycles. The molecule has 0 fully saturated rings. The second kappa shape index (κ2) is 4.33. The normalized spacial score (nSPS) is 10.5. The van der Waals surface area contributed by atoms with Crippen LogP contribution < -0.4 is 5.73 Å². The van der Waals surface area contributed by atoms with E-state index in [0.717, 1.165) is 0 Å². The Bertz CT molecular complexity index is 440. The number of halogens is 1. The van der Waals surface area contributed by atoms with E-state index in [2.05, 4.69) is 20.1 Å². The van der Waals surface area contributed by atoms with Gasteiger partial charge in [-0.1, -0.05) is 0 Å². The van der Waals surface area contributed by atoms with Gasteiger partial charge in [0.2, 0.25) is 5.28 Å². The molecule has 0 atom stereocenters. The lowest BCUT2D eigenvalue weighted by Crippen LogP contribution is -2.11. The predicted octanol–water partition coefficient (Wildman–Crippen LogP) is 0.212. The third kappa shape index (κ3) is 2.11. The van der Waals surface area contributed by atoms with Crippen molar-refractivity contribution in [3.63, 3.8) is 0 Å². The fraction of sp³-hybridized carbons (Fsp3) is 0.250. The van der Waals surface area contributed by atoms with E-state index >= 15 is 0 Å². The molecule has 0 aliphatic carbocycles. The molecule has 0 bridgehead atoms. The van der Waals surface area contributed by atoms with Crippen molar-refractivity contribution in [2.45, 2.75) is 6.42 Å². The van der Waals surface area contributed by atoms with Gasteiger partial charge in [0.15, 0.2) is 0 Å². The molecule has 0 saturated carbocycles. The van der Waals surface area contributed by atoms with Crippen LogP contribution in [-0.4, -0.2) is 31.3 Å². The van der Waals surface area contributed by atoms with E-state index in [1.54, 1.807) is 18.5 Å². The lowest BCUT2D eigenvalue weighted by atomic mass is 10.4. The summed E-state index contributed by atoms with van der Waals surface area (Å²) in [5.74, 6) is 1.11. The van der Waals surface area contributed by atoms with Crippen LogP contribution in [0.4, 0.5) is 0 Å². The van der Waals surface area contributed by atoms with Crippen LogP contribution in [0.15, 0.2) is 18.5 Å². The molecule has 6 nitrogen and oxygen atoms in total. The van der Waals surface area contributed by atoms with Gasteiger partial charge < -0.3 is 5.73 Å². The molecular weight excluding hydrogens is 216 g/mol. The molecule has 7 heteroatoms. The first-order chi connectivity index (χ1) is 7.31. The van der Waals surface area contributed by atoms with Gasteiger partial charge in [0, 0.05) is 18.8 Å². The number of rotatable bonds is 3. The predicted molar refractivity (Wildman–Crippen MR) is 54.7 cm³/mol. The second-order valence-corrected chi connectivity index (χ2v) is 3.13. The van der Waals surface area contributed by atoms with Crippen LogP contribution >= 0.6 is 11.6 Å². The van der Waals surface area contributed by atoms with Crippen LogP contribution in [0.25, 0.3) is 5.95 Å². The lowest BCUT2D eigenvalue weighted by Gasteiger charge is -2.01. The maximum absolute atomic E-state index is 5.71.